The highest BCUT2D eigenvalue weighted by atomic mass is 32.1. The number of pyridine rings is 1. The molecule has 0 bridgehead atoms. The van der Waals surface area contributed by atoms with Crippen LogP contribution in [0.4, 0.5) is 0 Å². The van der Waals surface area contributed by atoms with Crippen LogP contribution in [0.2, 0.25) is 0 Å². The van der Waals surface area contributed by atoms with Gasteiger partial charge in [-0.3, -0.25) is 4.79 Å². The summed E-state index contributed by atoms with van der Waals surface area (Å²) in [5.74, 6) is 1.08. The lowest BCUT2D eigenvalue weighted by atomic mass is 10.3. The van der Waals surface area contributed by atoms with E-state index in [4.69, 9.17) is 4.42 Å². The van der Waals surface area contributed by atoms with Gasteiger partial charge in [-0.2, -0.15) is 0 Å². The van der Waals surface area contributed by atoms with E-state index in [1.165, 1.54) is 11.3 Å². The van der Waals surface area contributed by atoms with Crippen molar-refractivity contribution in [3.05, 3.63) is 45.7 Å². The number of nitrogens with zero attached hydrogens (tertiary/aromatic N) is 3. The molecule has 0 saturated carbocycles. The molecule has 0 saturated heterocycles. The molecule has 0 unspecified atom stereocenters. The minimum absolute atomic E-state index is 0.0490. The third-order valence-corrected chi connectivity index (χ3v) is 3.38. The first-order valence-corrected chi connectivity index (χ1v) is 5.97. The lowest BCUT2D eigenvalue weighted by Gasteiger charge is -2.04. The fourth-order valence-corrected chi connectivity index (χ4v) is 2.53. The van der Waals surface area contributed by atoms with Crippen LogP contribution in [-0.2, 0) is 6.54 Å². The second-order valence-corrected chi connectivity index (χ2v) is 4.57. The number of hydrogen-bond acceptors (Lipinski definition) is 5. The largest absolute Gasteiger partial charge is 0.424 e. The van der Waals surface area contributed by atoms with E-state index in [2.05, 4.69) is 10.2 Å². The molecule has 0 aromatic carbocycles. The van der Waals surface area contributed by atoms with Gasteiger partial charge in [0, 0.05) is 19.2 Å². The number of aromatic nitrogens is 3. The maximum Gasteiger partial charge on any atom is 0.236 e. The third kappa shape index (κ3) is 1.76. The molecule has 6 heteroatoms. The molecule has 0 amide bonds. The number of aryl methyl sites for hydroxylation is 1. The van der Waals surface area contributed by atoms with Crippen molar-refractivity contribution in [2.75, 3.05) is 0 Å². The lowest BCUT2D eigenvalue weighted by Crippen LogP contribution is -2.07. The molecule has 0 fully saturated rings. The van der Waals surface area contributed by atoms with Crippen molar-refractivity contribution in [3.8, 4) is 0 Å². The summed E-state index contributed by atoms with van der Waals surface area (Å²) in [4.78, 5) is 11.6. The van der Waals surface area contributed by atoms with E-state index in [0.29, 0.717) is 18.3 Å². The Labute approximate surface area is 100 Å². The van der Waals surface area contributed by atoms with E-state index >= 15 is 0 Å². The van der Waals surface area contributed by atoms with E-state index in [0.717, 1.165) is 10.2 Å². The highest BCUT2D eigenvalue weighted by Gasteiger charge is 2.07. The van der Waals surface area contributed by atoms with Crippen LogP contribution in [0, 0.1) is 6.92 Å². The van der Waals surface area contributed by atoms with Gasteiger partial charge in [0.15, 0.2) is 5.43 Å². The Morgan fingerprint density at radius 3 is 3.06 bits per heavy atom. The summed E-state index contributed by atoms with van der Waals surface area (Å²) in [7, 11) is 0. The minimum Gasteiger partial charge on any atom is -0.424 e. The molecule has 0 aliphatic carbocycles. The standard InChI is InChI=1S/C11H9N3O2S/c1-7-12-13-10(16-7)6-14-4-2-9(15)11-8(14)3-5-17-11/h2-5H,6H2,1H3. The van der Waals surface area contributed by atoms with Gasteiger partial charge < -0.3 is 8.98 Å². The van der Waals surface area contributed by atoms with Gasteiger partial charge in [0.05, 0.1) is 10.2 Å². The quantitative estimate of drug-likeness (QED) is 0.692. The van der Waals surface area contributed by atoms with Crippen molar-refractivity contribution in [3.63, 3.8) is 0 Å². The van der Waals surface area contributed by atoms with E-state index in [-0.39, 0.29) is 5.43 Å². The van der Waals surface area contributed by atoms with E-state index < -0.39 is 0 Å². The van der Waals surface area contributed by atoms with Crippen LogP contribution < -0.4 is 5.43 Å². The smallest absolute Gasteiger partial charge is 0.236 e. The molecular weight excluding hydrogens is 238 g/mol. The topological polar surface area (TPSA) is 60.9 Å². The first-order chi connectivity index (χ1) is 8.24. The first-order valence-electron chi connectivity index (χ1n) is 5.10. The predicted octanol–water partition coefficient (Wildman–Crippen LogP) is 1.80. The maximum atomic E-state index is 11.6. The van der Waals surface area contributed by atoms with Crippen molar-refractivity contribution in [1.29, 1.82) is 0 Å². The average molecular weight is 247 g/mol. The van der Waals surface area contributed by atoms with Crippen LogP contribution in [0.15, 0.2) is 32.9 Å². The molecule has 0 atom stereocenters. The van der Waals surface area contributed by atoms with Crippen LogP contribution in [0.1, 0.15) is 11.8 Å². The van der Waals surface area contributed by atoms with Crippen LogP contribution in [0.5, 0.6) is 0 Å². The fourth-order valence-electron chi connectivity index (χ4n) is 1.71. The molecule has 0 radical (unpaired) electrons. The molecule has 3 rings (SSSR count). The molecule has 86 valence electrons. The first kappa shape index (κ1) is 10.2. The minimum atomic E-state index is 0.0490. The highest BCUT2D eigenvalue weighted by Crippen LogP contribution is 2.17. The molecule has 3 aromatic heterocycles. The summed E-state index contributed by atoms with van der Waals surface area (Å²) in [5.41, 5.74) is 0.950. The molecular formula is C11H9N3O2S. The summed E-state index contributed by atoms with van der Waals surface area (Å²) in [6.45, 7) is 2.23. The van der Waals surface area contributed by atoms with E-state index in [1.807, 2.05) is 16.0 Å². The van der Waals surface area contributed by atoms with Crippen molar-refractivity contribution >= 4 is 21.6 Å². The van der Waals surface area contributed by atoms with Gasteiger partial charge in [0.2, 0.25) is 11.8 Å². The Bertz CT molecular complexity index is 725. The van der Waals surface area contributed by atoms with Crippen molar-refractivity contribution in [2.24, 2.45) is 0 Å². The Balaban J connectivity index is 2.09. The highest BCUT2D eigenvalue weighted by molar-refractivity contribution is 7.17. The van der Waals surface area contributed by atoms with E-state index in [9.17, 15) is 4.79 Å². The normalized spacial score (nSPS) is 11.1. The molecule has 0 aliphatic heterocycles. The van der Waals surface area contributed by atoms with Gasteiger partial charge in [-0.05, 0) is 11.4 Å². The van der Waals surface area contributed by atoms with Gasteiger partial charge in [-0.15, -0.1) is 21.5 Å². The Kier molecular flexibility index (Phi) is 2.29. The predicted molar refractivity (Wildman–Crippen MR) is 64.2 cm³/mol. The SMILES string of the molecule is Cc1nnc(Cn2ccc(=O)c3sccc32)o1. The van der Waals surface area contributed by atoms with Gasteiger partial charge in [0.25, 0.3) is 0 Å². The lowest BCUT2D eigenvalue weighted by molar-refractivity contribution is 0.457. The summed E-state index contributed by atoms with van der Waals surface area (Å²) in [5, 5.41) is 9.63. The van der Waals surface area contributed by atoms with Crippen molar-refractivity contribution < 1.29 is 4.42 Å². The molecule has 0 N–H and O–H groups in total. The van der Waals surface area contributed by atoms with Crippen molar-refractivity contribution in [1.82, 2.24) is 14.8 Å². The Morgan fingerprint density at radius 2 is 2.29 bits per heavy atom. The van der Waals surface area contributed by atoms with Crippen LogP contribution >= 0.6 is 11.3 Å². The Morgan fingerprint density at radius 1 is 1.41 bits per heavy atom. The van der Waals surface area contributed by atoms with Gasteiger partial charge in [-0.25, -0.2) is 0 Å². The summed E-state index contributed by atoms with van der Waals surface area (Å²) >= 11 is 1.44. The number of hydrogen-bond donors (Lipinski definition) is 0. The second kappa shape index (κ2) is 3.81. The van der Waals surface area contributed by atoms with Crippen LogP contribution in [0.25, 0.3) is 10.2 Å². The van der Waals surface area contributed by atoms with Crippen LogP contribution in [-0.4, -0.2) is 14.8 Å². The molecule has 5 nitrogen and oxygen atoms in total. The van der Waals surface area contributed by atoms with Gasteiger partial charge >= 0.3 is 0 Å². The Hall–Kier alpha value is -1.95. The number of rotatable bonds is 2. The fraction of sp³-hybridized carbons (Fsp3) is 0.182. The molecule has 0 aliphatic rings. The van der Waals surface area contributed by atoms with Gasteiger partial charge in [0.1, 0.15) is 6.54 Å². The second-order valence-electron chi connectivity index (χ2n) is 3.66. The summed E-state index contributed by atoms with van der Waals surface area (Å²) in [6.07, 6.45) is 1.75. The third-order valence-electron chi connectivity index (χ3n) is 2.46. The zero-order chi connectivity index (χ0) is 11.8. The maximum absolute atomic E-state index is 11.6. The molecule has 3 heterocycles. The molecule has 17 heavy (non-hydrogen) atoms. The van der Waals surface area contributed by atoms with Gasteiger partial charge in [-0.1, -0.05) is 0 Å². The zero-order valence-corrected chi connectivity index (χ0v) is 9.90. The zero-order valence-electron chi connectivity index (χ0n) is 9.08. The van der Waals surface area contributed by atoms with Crippen molar-refractivity contribution in [2.45, 2.75) is 13.5 Å². The number of thiophene rings is 1. The monoisotopic (exact) mass is 247 g/mol. The summed E-state index contributed by atoms with van der Waals surface area (Å²) < 4.78 is 8.01. The summed E-state index contributed by atoms with van der Waals surface area (Å²) in [6, 6.07) is 3.48. The molecule has 0 spiro atoms. The van der Waals surface area contributed by atoms with E-state index in [1.54, 1.807) is 19.2 Å². The van der Waals surface area contributed by atoms with Crippen LogP contribution in [0.3, 0.4) is 0 Å². The average Bonchev–Trinajstić information content (AvgIpc) is 2.92. The molecule has 3 aromatic rings. The number of fused-ring (bicyclic) bond motifs is 1.